The van der Waals surface area contributed by atoms with Gasteiger partial charge in [-0.15, -0.1) is 0 Å². The van der Waals surface area contributed by atoms with Crippen LogP contribution in [0.5, 0.6) is 0 Å². The van der Waals surface area contributed by atoms with Gasteiger partial charge in [0, 0.05) is 57.6 Å². The second-order valence-corrected chi connectivity index (χ2v) is 6.46. The van der Waals surface area contributed by atoms with Crippen LogP contribution in [0, 0.1) is 11.3 Å². The van der Waals surface area contributed by atoms with E-state index >= 15 is 0 Å². The van der Waals surface area contributed by atoms with Crippen LogP contribution in [0.4, 0.5) is 0 Å². The Morgan fingerprint density at radius 3 is 2.55 bits per heavy atom. The molecule has 0 unspecified atom stereocenters. The molecule has 1 aliphatic heterocycles. The van der Waals surface area contributed by atoms with E-state index < -0.39 is 0 Å². The van der Waals surface area contributed by atoms with Gasteiger partial charge in [-0.1, -0.05) is 0 Å². The van der Waals surface area contributed by atoms with Crippen LogP contribution in [0.1, 0.15) is 27.7 Å². The van der Waals surface area contributed by atoms with E-state index in [0.29, 0.717) is 6.54 Å². The standard InChI is InChI=1S/C16H29N5O/c1-5-21(16(2,3)4)13-14(12-17)15(22)19-8-11-20-9-6-18-7-10-20/h13,18H,5-11H2,1-4H3,(H,19,22)/b14-13-. The van der Waals surface area contributed by atoms with Gasteiger partial charge in [-0.25, -0.2) is 0 Å². The number of piperazine rings is 1. The Hall–Kier alpha value is -1.58. The molecule has 0 spiro atoms. The summed E-state index contributed by atoms with van der Waals surface area (Å²) >= 11 is 0. The molecule has 0 aliphatic carbocycles. The van der Waals surface area contributed by atoms with E-state index in [4.69, 9.17) is 0 Å². The Morgan fingerprint density at radius 2 is 2.05 bits per heavy atom. The normalized spacial score (nSPS) is 17.0. The zero-order valence-corrected chi connectivity index (χ0v) is 14.3. The van der Waals surface area contributed by atoms with E-state index in [1.54, 1.807) is 6.20 Å². The summed E-state index contributed by atoms with van der Waals surface area (Å²) in [7, 11) is 0. The van der Waals surface area contributed by atoms with Crippen molar-refractivity contribution in [2.24, 2.45) is 0 Å². The third-order valence-corrected chi connectivity index (χ3v) is 3.78. The molecule has 1 amide bonds. The highest BCUT2D eigenvalue weighted by Gasteiger charge is 2.19. The first-order valence-corrected chi connectivity index (χ1v) is 7.98. The van der Waals surface area contributed by atoms with Crippen molar-refractivity contribution >= 4 is 5.91 Å². The third kappa shape index (κ3) is 6.04. The average Bonchev–Trinajstić information content (AvgIpc) is 2.48. The van der Waals surface area contributed by atoms with E-state index in [1.165, 1.54) is 0 Å². The van der Waals surface area contributed by atoms with Crippen molar-refractivity contribution in [1.82, 2.24) is 20.4 Å². The molecule has 1 saturated heterocycles. The minimum atomic E-state index is -0.291. The monoisotopic (exact) mass is 307 g/mol. The fourth-order valence-electron chi connectivity index (χ4n) is 2.41. The predicted molar refractivity (Wildman–Crippen MR) is 88.1 cm³/mol. The highest BCUT2D eigenvalue weighted by atomic mass is 16.1. The number of nitrogens with one attached hydrogen (secondary N) is 2. The van der Waals surface area contributed by atoms with Crippen molar-refractivity contribution in [1.29, 1.82) is 5.26 Å². The molecule has 1 aliphatic rings. The maximum Gasteiger partial charge on any atom is 0.263 e. The van der Waals surface area contributed by atoms with Crippen molar-refractivity contribution in [3.05, 3.63) is 11.8 Å². The largest absolute Gasteiger partial charge is 0.372 e. The minimum Gasteiger partial charge on any atom is -0.372 e. The summed E-state index contributed by atoms with van der Waals surface area (Å²) in [4.78, 5) is 16.4. The quantitative estimate of drug-likeness (QED) is 0.553. The molecule has 0 aromatic heterocycles. The molecule has 1 fully saturated rings. The lowest BCUT2D eigenvalue weighted by Gasteiger charge is -2.34. The van der Waals surface area contributed by atoms with Crippen LogP contribution in [-0.2, 0) is 4.79 Å². The SMILES string of the molecule is CCN(/C=C(/C#N)C(=O)NCCN1CCNCC1)C(C)(C)C. The molecule has 0 atom stereocenters. The second-order valence-electron chi connectivity index (χ2n) is 6.46. The molecule has 1 heterocycles. The summed E-state index contributed by atoms with van der Waals surface area (Å²) in [6.45, 7) is 14.3. The van der Waals surface area contributed by atoms with Crippen LogP contribution in [0.3, 0.4) is 0 Å². The number of rotatable bonds is 6. The number of carbonyl (C=O) groups excluding carboxylic acids is 1. The van der Waals surface area contributed by atoms with E-state index in [0.717, 1.165) is 39.3 Å². The van der Waals surface area contributed by atoms with Gasteiger partial charge in [-0.05, 0) is 27.7 Å². The van der Waals surface area contributed by atoms with E-state index in [-0.39, 0.29) is 17.0 Å². The Balaban J connectivity index is 2.51. The number of nitriles is 1. The summed E-state index contributed by atoms with van der Waals surface area (Å²) in [6.07, 6.45) is 1.67. The van der Waals surface area contributed by atoms with E-state index in [2.05, 4.69) is 36.3 Å². The summed E-state index contributed by atoms with van der Waals surface area (Å²) in [5, 5.41) is 15.4. The number of hydrogen-bond donors (Lipinski definition) is 2. The molecule has 6 heteroatoms. The first-order valence-electron chi connectivity index (χ1n) is 7.98. The summed E-state index contributed by atoms with van der Waals surface area (Å²) in [5.74, 6) is -0.291. The number of amides is 1. The summed E-state index contributed by atoms with van der Waals surface area (Å²) < 4.78 is 0. The van der Waals surface area contributed by atoms with Crippen LogP contribution in [-0.4, -0.2) is 67.1 Å². The maximum atomic E-state index is 12.1. The highest BCUT2D eigenvalue weighted by molar-refractivity contribution is 5.97. The van der Waals surface area contributed by atoms with Crippen molar-refractivity contribution in [2.75, 3.05) is 45.8 Å². The van der Waals surface area contributed by atoms with Gasteiger partial charge in [0.05, 0.1) is 0 Å². The molecule has 2 N–H and O–H groups in total. The molecule has 0 aromatic rings. The predicted octanol–water partition coefficient (Wildman–Crippen LogP) is 0.536. The van der Waals surface area contributed by atoms with Gasteiger partial charge in [-0.2, -0.15) is 5.26 Å². The fourth-order valence-corrected chi connectivity index (χ4v) is 2.41. The molecule has 0 bridgehead atoms. The molecule has 22 heavy (non-hydrogen) atoms. The van der Waals surface area contributed by atoms with Crippen LogP contribution in [0.2, 0.25) is 0 Å². The van der Waals surface area contributed by atoms with Crippen molar-refractivity contribution in [3.63, 3.8) is 0 Å². The molecule has 124 valence electrons. The molecule has 6 nitrogen and oxygen atoms in total. The lowest BCUT2D eigenvalue weighted by atomic mass is 10.1. The van der Waals surface area contributed by atoms with Gasteiger partial charge in [0.15, 0.2) is 0 Å². The second kappa shape index (κ2) is 8.76. The molecular weight excluding hydrogens is 278 g/mol. The lowest BCUT2D eigenvalue weighted by molar-refractivity contribution is -0.117. The molecule has 0 radical (unpaired) electrons. The van der Waals surface area contributed by atoms with Crippen molar-refractivity contribution < 1.29 is 4.79 Å². The lowest BCUT2D eigenvalue weighted by Crippen LogP contribution is -2.46. The smallest absolute Gasteiger partial charge is 0.263 e. The van der Waals surface area contributed by atoms with Crippen LogP contribution in [0.15, 0.2) is 11.8 Å². The minimum absolute atomic E-state index is 0.113. The topological polar surface area (TPSA) is 71.4 Å². The molecular formula is C16H29N5O. The van der Waals surface area contributed by atoms with Gasteiger partial charge in [0.25, 0.3) is 5.91 Å². The summed E-state index contributed by atoms with van der Waals surface area (Å²) in [5.41, 5.74) is 0.0508. The zero-order chi connectivity index (χ0) is 16.6. The number of carbonyl (C=O) groups is 1. The Bertz CT molecular complexity index is 427. The first kappa shape index (κ1) is 18.5. The van der Waals surface area contributed by atoms with E-state index in [1.807, 2.05) is 17.9 Å². The van der Waals surface area contributed by atoms with Crippen molar-refractivity contribution in [2.45, 2.75) is 33.2 Å². The third-order valence-electron chi connectivity index (χ3n) is 3.78. The number of nitrogens with zero attached hydrogens (tertiary/aromatic N) is 3. The number of hydrogen-bond acceptors (Lipinski definition) is 5. The zero-order valence-electron chi connectivity index (χ0n) is 14.3. The molecule has 0 aromatic carbocycles. The van der Waals surface area contributed by atoms with Crippen LogP contribution in [0.25, 0.3) is 0 Å². The fraction of sp³-hybridized carbons (Fsp3) is 0.750. The van der Waals surface area contributed by atoms with Gasteiger partial charge in [0.2, 0.25) is 0 Å². The Morgan fingerprint density at radius 1 is 1.41 bits per heavy atom. The first-order chi connectivity index (χ1) is 10.4. The Labute approximate surface area is 134 Å². The highest BCUT2D eigenvalue weighted by Crippen LogP contribution is 2.14. The van der Waals surface area contributed by atoms with Crippen molar-refractivity contribution in [3.8, 4) is 6.07 Å². The van der Waals surface area contributed by atoms with Gasteiger partial charge < -0.3 is 15.5 Å². The summed E-state index contributed by atoms with van der Waals surface area (Å²) in [6, 6.07) is 2.01. The van der Waals surface area contributed by atoms with Crippen LogP contribution < -0.4 is 10.6 Å². The Kier molecular flexibility index (Phi) is 7.36. The average molecular weight is 307 g/mol. The molecule has 0 saturated carbocycles. The molecule has 1 rings (SSSR count). The van der Waals surface area contributed by atoms with Crippen LogP contribution >= 0.6 is 0 Å². The van der Waals surface area contributed by atoms with Gasteiger partial charge >= 0.3 is 0 Å². The van der Waals surface area contributed by atoms with Gasteiger partial charge in [-0.3, -0.25) is 9.69 Å². The van der Waals surface area contributed by atoms with Gasteiger partial charge in [0.1, 0.15) is 11.6 Å². The maximum absolute atomic E-state index is 12.1. The van der Waals surface area contributed by atoms with E-state index in [9.17, 15) is 10.1 Å².